The summed E-state index contributed by atoms with van der Waals surface area (Å²) in [6.45, 7) is 6.64. The second kappa shape index (κ2) is 13.9. The second-order valence-corrected chi connectivity index (χ2v) is 10.6. The zero-order valence-corrected chi connectivity index (χ0v) is 22.4. The Balaban J connectivity index is 0.000000242. The van der Waals surface area contributed by atoms with Crippen LogP contribution in [-0.4, -0.2) is 33.0 Å². The number of carboxylic acids is 1. The number of aliphatic carboxylic acids is 1. The minimum atomic E-state index is -0.833. The van der Waals surface area contributed by atoms with E-state index in [1.54, 1.807) is 18.2 Å². The van der Waals surface area contributed by atoms with Gasteiger partial charge >= 0.3 is 6.09 Å². The fourth-order valence-corrected chi connectivity index (χ4v) is 4.57. The standard InChI is InChI=1S/C16H23NO3.C11H15NO.C2H4O2/c1-16(2,3)20-15(19)17-14-7-5-4-6-11-10-12(18)8-9-13(11)14;12-11-4-2-1-3-8-7-9(13)5-6-10(8)11;1-2(3)4/h8-10,14,18H,4-7H2,1-3H3,(H,17,19);5-7,11,13H,1-4,12H2;1H3,(H,3,4)/t14-;11-;/m11./s1. The maximum atomic E-state index is 11.9. The average Bonchev–Trinajstić information content (AvgIpc) is 3.08. The van der Waals surface area contributed by atoms with Crippen molar-refractivity contribution in [3.63, 3.8) is 0 Å². The first-order valence-corrected chi connectivity index (χ1v) is 12.9. The Kier molecular flexibility index (Phi) is 11.2. The quantitative estimate of drug-likeness (QED) is 0.298. The van der Waals surface area contributed by atoms with Gasteiger partial charge in [-0.3, -0.25) is 4.79 Å². The summed E-state index contributed by atoms with van der Waals surface area (Å²) in [5, 5.41) is 29.3. The topological polar surface area (TPSA) is 142 Å². The zero-order chi connectivity index (χ0) is 27.6. The number of rotatable bonds is 1. The van der Waals surface area contributed by atoms with Crippen molar-refractivity contribution in [2.75, 3.05) is 0 Å². The molecule has 0 saturated carbocycles. The lowest BCUT2D eigenvalue weighted by Crippen LogP contribution is -2.35. The molecular formula is C29H42N2O6. The molecule has 8 nitrogen and oxygen atoms in total. The minimum Gasteiger partial charge on any atom is -0.508 e. The first kappa shape index (κ1) is 30.0. The molecule has 2 aliphatic rings. The summed E-state index contributed by atoms with van der Waals surface area (Å²) >= 11 is 0. The van der Waals surface area contributed by atoms with Gasteiger partial charge in [0.1, 0.15) is 17.1 Å². The number of aromatic hydroxyl groups is 2. The molecule has 6 N–H and O–H groups in total. The summed E-state index contributed by atoms with van der Waals surface area (Å²) in [7, 11) is 0. The Morgan fingerprint density at radius 3 is 1.92 bits per heavy atom. The van der Waals surface area contributed by atoms with Crippen molar-refractivity contribution in [2.45, 2.75) is 96.7 Å². The van der Waals surface area contributed by atoms with Crippen molar-refractivity contribution in [3.05, 3.63) is 58.7 Å². The van der Waals surface area contributed by atoms with E-state index in [0.717, 1.165) is 56.6 Å². The zero-order valence-electron chi connectivity index (χ0n) is 22.4. The highest BCUT2D eigenvalue weighted by Crippen LogP contribution is 2.31. The number of carbonyl (C=O) groups is 2. The van der Waals surface area contributed by atoms with Gasteiger partial charge < -0.3 is 31.1 Å². The van der Waals surface area contributed by atoms with Gasteiger partial charge in [-0.15, -0.1) is 0 Å². The lowest BCUT2D eigenvalue weighted by atomic mass is 9.99. The monoisotopic (exact) mass is 514 g/mol. The van der Waals surface area contributed by atoms with Crippen LogP contribution in [0.5, 0.6) is 11.5 Å². The Hall–Kier alpha value is -3.26. The fourth-order valence-electron chi connectivity index (χ4n) is 4.57. The maximum Gasteiger partial charge on any atom is 0.408 e. The summed E-state index contributed by atoms with van der Waals surface area (Å²) in [4.78, 5) is 20.9. The molecule has 0 saturated heterocycles. The van der Waals surface area contributed by atoms with Crippen LogP contribution in [0.15, 0.2) is 36.4 Å². The molecule has 0 aromatic heterocycles. The first-order valence-electron chi connectivity index (χ1n) is 12.9. The third kappa shape index (κ3) is 10.7. The van der Waals surface area contributed by atoms with E-state index in [2.05, 4.69) is 5.32 Å². The maximum absolute atomic E-state index is 11.9. The van der Waals surface area contributed by atoms with Crippen molar-refractivity contribution < 1.29 is 29.6 Å². The number of hydrogen-bond donors (Lipinski definition) is 5. The molecule has 0 radical (unpaired) electrons. The van der Waals surface area contributed by atoms with E-state index in [-0.39, 0.29) is 23.9 Å². The predicted octanol–water partition coefficient (Wildman–Crippen LogP) is 5.89. The van der Waals surface area contributed by atoms with Crippen LogP contribution >= 0.6 is 0 Å². The molecule has 0 heterocycles. The van der Waals surface area contributed by atoms with Gasteiger partial charge in [0.2, 0.25) is 0 Å². The van der Waals surface area contributed by atoms with Crippen molar-refractivity contribution in [2.24, 2.45) is 5.73 Å². The molecule has 2 atom stereocenters. The van der Waals surface area contributed by atoms with Gasteiger partial charge in [-0.05, 0) is 106 Å². The van der Waals surface area contributed by atoms with Crippen LogP contribution in [0.25, 0.3) is 0 Å². The van der Waals surface area contributed by atoms with Crippen LogP contribution < -0.4 is 11.1 Å². The molecule has 8 heteroatoms. The Morgan fingerprint density at radius 1 is 0.892 bits per heavy atom. The van der Waals surface area contributed by atoms with Crippen LogP contribution in [0.4, 0.5) is 4.79 Å². The number of carbonyl (C=O) groups excluding carboxylic acids is 1. The number of phenols is 2. The molecule has 4 rings (SSSR count). The largest absolute Gasteiger partial charge is 0.508 e. The van der Waals surface area contributed by atoms with Gasteiger partial charge in [-0.25, -0.2) is 4.79 Å². The van der Waals surface area contributed by atoms with Crippen molar-refractivity contribution in [1.29, 1.82) is 0 Å². The number of benzene rings is 2. The van der Waals surface area contributed by atoms with Crippen LogP contribution in [-0.2, 0) is 22.4 Å². The summed E-state index contributed by atoms with van der Waals surface area (Å²) in [5.41, 5.74) is 10.2. The fraction of sp³-hybridized carbons (Fsp3) is 0.517. The summed E-state index contributed by atoms with van der Waals surface area (Å²) < 4.78 is 5.32. The second-order valence-electron chi connectivity index (χ2n) is 10.6. The number of aryl methyl sites for hydroxylation is 2. The summed E-state index contributed by atoms with van der Waals surface area (Å²) in [6.07, 6.45) is 8.07. The van der Waals surface area contributed by atoms with Gasteiger partial charge in [0, 0.05) is 13.0 Å². The minimum absolute atomic E-state index is 0.0389. The average molecular weight is 515 g/mol. The third-order valence-corrected chi connectivity index (χ3v) is 6.12. The van der Waals surface area contributed by atoms with E-state index in [4.69, 9.17) is 20.4 Å². The Labute approximate surface area is 219 Å². The smallest absolute Gasteiger partial charge is 0.408 e. The van der Waals surface area contributed by atoms with Crippen LogP contribution in [0.2, 0.25) is 0 Å². The highest BCUT2D eigenvalue weighted by atomic mass is 16.6. The first-order chi connectivity index (χ1) is 17.4. The normalized spacial score (nSPS) is 18.6. The molecule has 37 heavy (non-hydrogen) atoms. The number of amides is 1. The van der Waals surface area contributed by atoms with Crippen LogP contribution in [0.3, 0.4) is 0 Å². The highest BCUT2D eigenvalue weighted by molar-refractivity contribution is 5.68. The molecule has 0 fully saturated rings. The predicted molar refractivity (Wildman–Crippen MR) is 144 cm³/mol. The van der Waals surface area contributed by atoms with E-state index in [1.165, 1.54) is 24.0 Å². The number of fused-ring (bicyclic) bond motifs is 2. The van der Waals surface area contributed by atoms with Crippen molar-refractivity contribution in [3.8, 4) is 11.5 Å². The van der Waals surface area contributed by atoms with E-state index >= 15 is 0 Å². The molecule has 2 aromatic carbocycles. The molecule has 0 aliphatic heterocycles. The van der Waals surface area contributed by atoms with Gasteiger partial charge in [-0.2, -0.15) is 0 Å². The number of hydrogen-bond acceptors (Lipinski definition) is 6. The number of carboxylic acid groups (broad SMARTS) is 1. The summed E-state index contributed by atoms with van der Waals surface area (Å²) in [5.74, 6) is -0.200. The number of nitrogens with two attached hydrogens (primary N) is 1. The number of ether oxygens (including phenoxy) is 1. The van der Waals surface area contributed by atoms with E-state index in [0.29, 0.717) is 5.75 Å². The molecule has 2 aromatic rings. The van der Waals surface area contributed by atoms with Crippen LogP contribution in [0, 0.1) is 0 Å². The summed E-state index contributed by atoms with van der Waals surface area (Å²) in [6, 6.07) is 11.0. The third-order valence-electron chi connectivity index (χ3n) is 6.12. The van der Waals surface area contributed by atoms with E-state index < -0.39 is 11.6 Å². The number of nitrogens with one attached hydrogen (secondary N) is 1. The van der Waals surface area contributed by atoms with Crippen molar-refractivity contribution >= 4 is 12.1 Å². The molecular weight excluding hydrogens is 472 g/mol. The number of alkyl carbamates (subject to hydrolysis) is 1. The number of phenolic OH excluding ortho intramolecular Hbond substituents is 2. The van der Waals surface area contributed by atoms with Gasteiger partial charge in [0.15, 0.2) is 0 Å². The van der Waals surface area contributed by atoms with E-state index in [1.807, 2.05) is 39.0 Å². The van der Waals surface area contributed by atoms with E-state index in [9.17, 15) is 15.0 Å². The Morgan fingerprint density at radius 2 is 1.38 bits per heavy atom. The Bertz CT molecular complexity index is 1040. The molecule has 2 aliphatic carbocycles. The lowest BCUT2D eigenvalue weighted by Gasteiger charge is -2.24. The highest BCUT2D eigenvalue weighted by Gasteiger charge is 2.23. The van der Waals surface area contributed by atoms with Gasteiger partial charge in [-0.1, -0.05) is 25.0 Å². The molecule has 0 unspecified atom stereocenters. The molecule has 204 valence electrons. The van der Waals surface area contributed by atoms with Gasteiger partial charge in [0.25, 0.3) is 5.97 Å². The van der Waals surface area contributed by atoms with Gasteiger partial charge in [0.05, 0.1) is 6.04 Å². The van der Waals surface area contributed by atoms with Crippen molar-refractivity contribution in [1.82, 2.24) is 5.32 Å². The SMILES string of the molecule is CC(=O)O.CC(C)(C)OC(=O)N[C@@H]1CCCCc2cc(O)ccc21.N[C@@H]1CCCCc2cc(O)ccc21. The molecule has 1 amide bonds. The molecule has 0 bridgehead atoms. The lowest BCUT2D eigenvalue weighted by molar-refractivity contribution is -0.134. The van der Waals surface area contributed by atoms with Crippen LogP contribution in [0.1, 0.15) is 101 Å². The molecule has 0 spiro atoms.